The molecule has 0 saturated carbocycles. The van der Waals surface area contributed by atoms with Gasteiger partial charge in [0.1, 0.15) is 0 Å². The summed E-state index contributed by atoms with van der Waals surface area (Å²) in [6.45, 7) is 0. The molecule has 7 aromatic rings. The summed E-state index contributed by atoms with van der Waals surface area (Å²) in [4.78, 5) is 0. The van der Waals surface area contributed by atoms with E-state index in [1.54, 1.807) is 0 Å². The van der Waals surface area contributed by atoms with E-state index in [1.807, 2.05) is 0 Å². The number of anilines is 1. The van der Waals surface area contributed by atoms with Crippen molar-refractivity contribution in [2.45, 2.75) is 6.42 Å². The zero-order chi connectivity index (χ0) is 35.8. The molecule has 52 heavy (non-hydrogen) atoms. The number of allylic oxidation sites excluding steroid dienone is 1. The van der Waals surface area contributed by atoms with Crippen molar-refractivity contribution in [1.29, 1.82) is 0 Å². The van der Waals surface area contributed by atoms with Gasteiger partial charge in [0.25, 0.3) is 0 Å². The van der Waals surface area contributed by atoms with Crippen LogP contribution in [-0.2, 0) is 0 Å². The number of hydrogen-bond donors (Lipinski definition) is 2. The minimum absolute atomic E-state index is 0.798. The second-order valence-corrected chi connectivity index (χ2v) is 33.7. The Bertz CT molecular complexity index is 2020. The van der Waals surface area contributed by atoms with Gasteiger partial charge in [0.15, 0.2) is 0 Å². The molecule has 0 aliphatic heterocycles. The van der Waals surface area contributed by atoms with E-state index < -0.39 is 8.49 Å². The van der Waals surface area contributed by atoms with E-state index >= 15 is 0 Å². The topological polar surface area (TPSA) is 24.1 Å². The van der Waals surface area contributed by atoms with E-state index in [-0.39, 0.29) is 0 Å². The first-order valence-corrected chi connectivity index (χ1v) is 27.8. The standard InChI is InChI=1S/C46H42I2N2P2/c47-51(41-24-10-2-11-25-41,42-26-12-3-13-27-42,43-28-14-4-15-29-43)37-36-40(50-49-39-22-8-1-9-23-39)38-52(48,44-30-16-5-17-31-44,45-32-18-6-19-33-45)46-34-20-7-21-35-46/h1-35,38,49-50H,36-37H2. The Labute approximate surface area is 334 Å². The molecular weight excluding hydrogens is 896 g/mol. The Balaban J connectivity index is 1.50. The number of hydrazine groups is 1. The number of rotatable bonds is 13. The van der Waals surface area contributed by atoms with Crippen molar-refractivity contribution in [2.24, 2.45) is 0 Å². The molecule has 0 amide bonds. The molecule has 0 aliphatic carbocycles. The van der Waals surface area contributed by atoms with E-state index in [4.69, 9.17) is 0 Å². The van der Waals surface area contributed by atoms with Gasteiger partial charge in [-0.15, -0.1) is 0 Å². The van der Waals surface area contributed by atoms with Crippen LogP contribution in [0.25, 0.3) is 0 Å². The van der Waals surface area contributed by atoms with Gasteiger partial charge in [-0.05, 0) is 0 Å². The van der Waals surface area contributed by atoms with E-state index in [0.717, 1.165) is 24.0 Å². The van der Waals surface area contributed by atoms with Crippen LogP contribution in [0.15, 0.2) is 224 Å². The molecule has 0 fully saturated rings. The summed E-state index contributed by atoms with van der Waals surface area (Å²) in [5.74, 6) is 2.61. The van der Waals surface area contributed by atoms with Gasteiger partial charge in [-0.2, -0.15) is 0 Å². The van der Waals surface area contributed by atoms with Crippen molar-refractivity contribution in [2.75, 3.05) is 11.6 Å². The molecule has 6 heteroatoms. The van der Waals surface area contributed by atoms with Gasteiger partial charge < -0.3 is 0 Å². The molecule has 2 N–H and O–H groups in total. The molecule has 0 aromatic heterocycles. The first-order valence-electron chi connectivity index (χ1n) is 17.5. The normalized spacial score (nSPS) is 13.5. The van der Waals surface area contributed by atoms with Crippen LogP contribution in [0.3, 0.4) is 0 Å². The Kier molecular flexibility index (Phi) is 11.0. The molecule has 0 radical (unpaired) electrons. The summed E-state index contributed by atoms with van der Waals surface area (Å²) in [6, 6.07) is 77.5. The Morgan fingerprint density at radius 3 is 1.02 bits per heavy atom. The van der Waals surface area contributed by atoms with E-state index in [9.17, 15) is 0 Å². The average molecular weight is 939 g/mol. The zero-order valence-electron chi connectivity index (χ0n) is 28.8. The molecule has 7 aromatic carbocycles. The molecule has 0 bridgehead atoms. The summed E-state index contributed by atoms with van der Waals surface area (Å²) in [5.41, 5.74) is 9.61. The molecule has 260 valence electrons. The third kappa shape index (κ3) is 6.76. The van der Waals surface area contributed by atoms with Crippen LogP contribution in [0.2, 0.25) is 0 Å². The monoisotopic (exact) mass is 938 g/mol. The zero-order valence-corrected chi connectivity index (χ0v) is 35.0. The van der Waals surface area contributed by atoms with Gasteiger partial charge in [0.2, 0.25) is 0 Å². The third-order valence-corrected chi connectivity index (χ3v) is 32.2. The van der Waals surface area contributed by atoms with Crippen LogP contribution in [0.5, 0.6) is 0 Å². The van der Waals surface area contributed by atoms with Gasteiger partial charge >= 0.3 is 337 Å². The van der Waals surface area contributed by atoms with Crippen molar-refractivity contribution >= 4 is 90.1 Å². The third-order valence-electron chi connectivity index (χ3n) is 10.0. The van der Waals surface area contributed by atoms with Gasteiger partial charge in [-0.1, -0.05) is 0 Å². The molecule has 0 heterocycles. The van der Waals surface area contributed by atoms with Gasteiger partial charge in [-0.3, -0.25) is 0 Å². The van der Waals surface area contributed by atoms with Crippen LogP contribution >= 0.6 is 52.6 Å². The molecule has 7 rings (SSSR count). The van der Waals surface area contributed by atoms with Crippen LogP contribution in [0.1, 0.15) is 6.42 Å². The molecular formula is C46H42I2N2P2. The van der Waals surface area contributed by atoms with Crippen molar-refractivity contribution < 1.29 is 0 Å². The van der Waals surface area contributed by atoms with Gasteiger partial charge in [-0.25, -0.2) is 0 Å². The Morgan fingerprint density at radius 1 is 0.404 bits per heavy atom. The fourth-order valence-corrected chi connectivity index (χ4v) is 24.0. The number of para-hydroxylation sites is 1. The minimum atomic E-state index is -3.30. The van der Waals surface area contributed by atoms with Gasteiger partial charge in [0, 0.05) is 0 Å². The number of hydrogen-bond acceptors (Lipinski definition) is 2. The van der Waals surface area contributed by atoms with Crippen LogP contribution in [0, 0.1) is 0 Å². The molecule has 0 spiro atoms. The molecule has 2 nitrogen and oxygen atoms in total. The molecule has 0 unspecified atom stereocenters. The Morgan fingerprint density at radius 2 is 0.692 bits per heavy atom. The summed E-state index contributed by atoms with van der Waals surface area (Å²) >= 11 is 5.79. The van der Waals surface area contributed by atoms with E-state index in [2.05, 4.69) is 273 Å². The second-order valence-electron chi connectivity index (χ2n) is 13.0. The maximum absolute atomic E-state index is 3.83. The van der Waals surface area contributed by atoms with Crippen molar-refractivity contribution in [3.63, 3.8) is 0 Å². The van der Waals surface area contributed by atoms with Crippen molar-refractivity contribution in [3.8, 4) is 0 Å². The quantitative estimate of drug-likeness (QED) is 0.0684. The summed E-state index contributed by atoms with van der Waals surface area (Å²) in [6.07, 6.45) is 1.72. The van der Waals surface area contributed by atoms with Gasteiger partial charge in [0.05, 0.1) is 0 Å². The molecule has 0 atom stereocenters. The average Bonchev–Trinajstić information content (AvgIpc) is 3.24. The van der Waals surface area contributed by atoms with Crippen LogP contribution < -0.4 is 42.7 Å². The number of benzene rings is 7. The number of nitrogens with one attached hydrogen (secondary N) is 2. The van der Waals surface area contributed by atoms with Crippen molar-refractivity contribution in [3.05, 3.63) is 224 Å². The van der Waals surface area contributed by atoms with Crippen LogP contribution in [-0.4, -0.2) is 6.16 Å². The first kappa shape index (κ1) is 36.6. The SMILES string of the molecule is IP(C=C(CCP(I)(c1ccccc1)(c1ccccc1)c1ccccc1)NNc1ccccc1)(c1ccccc1)(c1ccccc1)c1ccccc1. The molecule has 0 aliphatic rings. The summed E-state index contributed by atoms with van der Waals surface area (Å²) < 4.78 is -6.39. The maximum atomic E-state index is 3.83. The molecule has 0 saturated heterocycles. The first-order chi connectivity index (χ1) is 25.4. The van der Waals surface area contributed by atoms with Crippen LogP contribution in [0.4, 0.5) is 5.69 Å². The Hall–Kier alpha value is -3.80. The number of halogens is 2. The predicted octanol–water partition coefficient (Wildman–Crippen LogP) is 10.6. The predicted molar refractivity (Wildman–Crippen MR) is 249 cm³/mol. The second kappa shape index (κ2) is 15.7. The van der Waals surface area contributed by atoms with Crippen molar-refractivity contribution in [1.82, 2.24) is 5.43 Å². The summed E-state index contributed by atoms with van der Waals surface area (Å²) in [7, 11) is 0. The van der Waals surface area contributed by atoms with E-state index in [0.29, 0.717) is 0 Å². The fraction of sp³-hybridized carbons (Fsp3) is 0.0435. The van der Waals surface area contributed by atoms with E-state index in [1.165, 1.54) is 31.8 Å². The summed E-state index contributed by atoms with van der Waals surface area (Å²) in [5, 5.41) is 8.07. The fourth-order valence-electron chi connectivity index (χ4n) is 7.34.